The molecule has 0 spiro atoms. The Morgan fingerprint density at radius 2 is 1.44 bits per heavy atom. The molecule has 5 aliphatic rings. The minimum Gasteiger partial charge on any atom is -0.323 e. The predicted octanol–water partition coefficient (Wildman–Crippen LogP) is 3.21. The number of amides is 1. The molecule has 1 amide bonds. The molecular weight excluding hydrogens is 222 g/mol. The summed E-state index contributed by atoms with van der Waals surface area (Å²) >= 11 is 0. The van der Waals surface area contributed by atoms with Gasteiger partial charge >= 0.3 is 0 Å². The van der Waals surface area contributed by atoms with Gasteiger partial charge in [0, 0.05) is 11.0 Å². The van der Waals surface area contributed by atoms with Crippen molar-refractivity contribution in [1.29, 1.82) is 0 Å². The largest absolute Gasteiger partial charge is 0.323 e. The van der Waals surface area contributed by atoms with Gasteiger partial charge in [-0.3, -0.25) is 4.79 Å². The van der Waals surface area contributed by atoms with E-state index in [1.807, 2.05) is 0 Å². The van der Waals surface area contributed by atoms with E-state index in [-0.39, 0.29) is 11.6 Å². The Morgan fingerprint density at radius 3 is 1.78 bits per heavy atom. The molecule has 4 bridgehead atoms. The topological polar surface area (TPSA) is 20.1 Å². The van der Waals surface area contributed by atoms with Crippen molar-refractivity contribution >= 4 is 5.91 Å². The first kappa shape index (κ1) is 11.3. The van der Waals surface area contributed by atoms with Crippen molar-refractivity contribution in [2.24, 2.45) is 23.2 Å². The number of carbonyl (C=O) groups excluding carboxylic acids is 1. The van der Waals surface area contributed by atoms with Crippen LogP contribution in [0.2, 0.25) is 0 Å². The van der Waals surface area contributed by atoms with Gasteiger partial charge in [-0.2, -0.15) is 0 Å². The molecule has 0 aromatic carbocycles. The molecule has 1 unspecified atom stereocenters. The van der Waals surface area contributed by atoms with E-state index in [0.717, 1.165) is 17.8 Å². The lowest BCUT2D eigenvalue weighted by Crippen LogP contribution is -2.50. The van der Waals surface area contributed by atoms with Gasteiger partial charge in [-0.15, -0.1) is 0 Å². The number of nitrogens with zero attached hydrogens (tertiary/aromatic N) is 1. The average molecular weight is 247 g/mol. The summed E-state index contributed by atoms with van der Waals surface area (Å²) in [6.45, 7) is 6.56. The lowest BCUT2D eigenvalue weighted by molar-refractivity contribution is -0.116. The lowest BCUT2D eigenvalue weighted by Gasteiger charge is -2.56. The summed E-state index contributed by atoms with van der Waals surface area (Å²) in [7, 11) is 0. The maximum absolute atomic E-state index is 12.3. The molecule has 5 rings (SSSR count). The summed E-state index contributed by atoms with van der Waals surface area (Å²) in [6.07, 6.45) is 8.45. The normalized spacial score (nSPS) is 49.9. The maximum atomic E-state index is 12.3. The summed E-state index contributed by atoms with van der Waals surface area (Å²) in [4.78, 5) is 14.5. The van der Waals surface area contributed by atoms with Gasteiger partial charge in [-0.1, -0.05) is 0 Å². The smallest absolute Gasteiger partial charge is 0.247 e. The molecule has 0 aromatic rings. The molecule has 2 nitrogen and oxygen atoms in total. The van der Waals surface area contributed by atoms with Crippen molar-refractivity contribution in [3.63, 3.8) is 0 Å². The van der Waals surface area contributed by atoms with Crippen LogP contribution in [0, 0.1) is 23.2 Å². The highest BCUT2D eigenvalue weighted by Crippen LogP contribution is 2.64. The second-order valence-electron chi connectivity index (χ2n) is 8.56. The van der Waals surface area contributed by atoms with Gasteiger partial charge in [0.15, 0.2) is 0 Å². The van der Waals surface area contributed by atoms with Crippen molar-refractivity contribution in [3.05, 3.63) is 0 Å². The van der Waals surface area contributed by atoms with Crippen LogP contribution in [-0.2, 0) is 4.79 Å². The first-order valence-corrected chi connectivity index (χ1v) is 7.72. The van der Waals surface area contributed by atoms with Gasteiger partial charge in [-0.05, 0) is 77.0 Å². The Morgan fingerprint density at radius 1 is 1.00 bits per heavy atom. The predicted molar refractivity (Wildman–Crippen MR) is 71.0 cm³/mol. The highest BCUT2D eigenvalue weighted by molar-refractivity contribution is 5.98. The third-order valence-electron chi connectivity index (χ3n) is 6.05. The molecule has 1 saturated heterocycles. The van der Waals surface area contributed by atoms with E-state index in [2.05, 4.69) is 25.7 Å². The standard InChI is InChI=1S/C16H25NO/c1-15(2,3)17-13(14(17)18)16-7-10-4-11(8-16)6-12(5-10)9-16/h10-13H,4-9H2,1-3H3. The second-order valence-corrected chi connectivity index (χ2v) is 8.56. The zero-order chi connectivity index (χ0) is 12.7. The first-order valence-electron chi connectivity index (χ1n) is 7.72. The van der Waals surface area contributed by atoms with Crippen LogP contribution in [0.3, 0.4) is 0 Å². The molecule has 1 aliphatic heterocycles. The minimum absolute atomic E-state index is 0.0328. The fourth-order valence-corrected chi connectivity index (χ4v) is 5.94. The zero-order valence-corrected chi connectivity index (χ0v) is 11.9. The minimum atomic E-state index is 0.0328. The van der Waals surface area contributed by atoms with Crippen LogP contribution in [0.4, 0.5) is 0 Å². The lowest BCUT2D eigenvalue weighted by atomic mass is 9.48. The molecule has 100 valence electrons. The number of hydrogen-bond acceptors (Lipinski definition) is 1. The summed E-state index contributed by atoms with van der Waals surface area (Å²) in [6, 6.07) is 0.283. The van der Waals surface area contributed by atoms with E-state index in [1.54, 1.807) is 0 Å². The van der Waals surface area contributed by atoms with Crippen LogP contribution in [0.5, 0.6) is 0 Å². The molecular formula is C16H25NO. The highest BCUT2D eigenvalue weighted by Gasteiger charge is 2.66. The molecule has 18 heavy (non-hydrogen) atoms. The van der Waals surface area contributed by atoms with E-state index in [1.165, 1.54) is 38.5 Å². The summed E-state index contributed by atoms with van der Waals surface area (Å²) in [5, 5.41) is 0. The zero-order valence-electron chi connectivity index (χ0n) is 11.9. The third kappa shape index (κ3) is 1.38. The van der Waals surface area contributed by atoms with Crippen molar-refractivity contribution in [2.75, 3.05) is 0 Å². The van der Waals surface area contributed by atoms with Gasteiger partial charge in [0.1, 0.15) is 6.04 Å². The Balaban J connectivity index is 1.64. The van der Waals surface area contributed by atoms with Gasteiger partial charge in [-0.25, -0.2) is 0 Å². The SMILES string of the molecule is CC(C)(C)N1C(=O)C1C12CC3CC(CC(C3)C1)C2. The van der Waals surface area contributed by atoms with Crippen LogP contribution in [0.25, 0.3) is 0 Å². The number of carbonyl (C=O) groups is 1. The first-order chi connectivity index (χ1) is 8.39. The third-order valence-corrected chi connectivity index (χ3v) is 6.05. The van der Waals surface area contributed by atoms with Crippen LogP contribution < -0.4 is 0 Å². The number of rotatable bonds is 1. The van der Waals surface area contributed by atoms with E-state index in [0.29, 0.717) is 11.3 Å². The number of hydrogen-bond donors (Lipinski definition) is 0. The Hall–Kier alpha value is -0.530. The molecule has 1 atom stereocenters. The summed E-state index contributed by atoms with van der Waals surface area (Å²) < 4.78 is 0. The van der Waals surface area contributed by atoms with Gasteiger partial charge in [0.05, 0.1) is 0 Å². The molecule has 5 fully saturated rings. The van der Waals surface area contributed by atoms with E-state index in [9.17, 15) is 4.79 Å². The fourth-order valence-electron chi connectivity index (χ4n) is 5.94. The molecule has 4 aliphatic carbocycles. The van der Waals surface area contributed by atoms with E-state index < -0.39 is 0 Å². The second kappa shape index (κ2) is 3.13. The van der Waals surface area contributed by atoms with Crippen molar-refractivity contribution < 1.29 is 4.79 Å². The molecule has 2 heteroatoms. The Kier molecular flexibility index (Phi) is 1.97. The van der Waals surface area contributed by atoms with Crippen molar-refractivity contribution in [3.8, 4) is 0 Å². The molecule has 0 N–H and O–H groups in total. The van der Waals surface area contributed by atoms with Gasteiger partial charge in [0.2, 0.25) is 5.91 Å². The van der Waals surface area contributed by atoms with Gasteiger partial charge in [0.25, 0.3) is 0 Å². The van der Waals surface area contributed by atoms with E-state index in [4.69, 9.17) is 0 Å². The summed E-state index contributed by atoms with van der Waals surface area (Å²) in [5.74, 6) is 3.30. The Bertz CT molecular complexity index is 371. The molecule has 1 heterocycles. The monoisotopic (exact) mass is 247 g/mol. The molecule has 4 saturated carbocycles. The van der Waals surface area contributed by atoms with Gasteiger partial charge < -0.3 is 4.90 Å². The quantitative estimate of drug-likeness (QED) is 0.651. The maximum Gasteiger partial charge on any atom is 0.247 e. The summed E-state index contributed by atoms with van der Waals surface area (Å²) in [5.41, 5.74) is 0.421. The molecule has 0 radical (unpaired) electrons. The van der Waals surface area contributed by atoms with E-state index >= 15 is 0 Å². The van der Waals surface area contributed by atoms with Crippen LogP contribution >= 0.6 is 0 Å². The Labute approximate surface area is 110 Å². The fraction of sp³-hybridized carbons (Fsp3) is 0.938. The highest BCUT2D eigenvalue weighted by atomic mass is 16.2. The average Bonchev–Trinajstić information content (AvgIpc) is 2.88. The molecule has 0 aromatic heterocycles. The van der Waals surface area contributed by atoms with Crippen molar-refractivity contribution in [2.45, 2.75) is 70.9 Å². The van der Waals surface area contributed by atoms with Crippen LogP contribution in [-0.4, -0.2) is 22.4 Å². The van der Waals surface area contributed by atoms with Crippen molar-refractivity contribution in [1.82, 2.24) is 4.90 Å². The van der Waals surface area contributed by atoms with Crippen LogP contribution in [0.1, 0.15) is 59.3 Å². The van der Waals surface area contributed by atoms with Crippen LogP contribution in [0.15, 0.2) is 0 Å².